The van der Waals surface area contributed by atoms with E-state index in [1.165, 1.54) is 31.6 Å². The van der Waals surface area contributed by atoms with Gasteiger partial charge in [-0.15, -0.1) is 0 Å². The third-order valence-corrected chi connectivity index (χ3v) is 9.73. The van der Waals surface area contributed by atoms with Gasteiger partial charge in [-0.3, -0.25) is 14.8 Å². The number of halogens is 4. The number of carbonyl (C=O) groups excluding carboxylic acids is 1. The Balaban J connectivity index is 1.16. The van der Waals surface area contributed by atoms with E-state index in [1.54, 1.807) is 36.7 Å². The maximum absolute atomic E-state index is 11.8. The molecule has 2 heterocycles. The lowest BCUT2D eigenvalue weighted by Crippen LogP contribution is -2.02. The summed E-state index contributed by atoms with van der Waals surface area (Å²) in [6.07, 6.45) is 6.75. The summed E-state index contributed by atoms with van der Waals surface area (Å²) in [6.45, 7) is 7.52. The number of hydrogen-bond donors (Lipinski definition) is 0. The minimum absolute atomic E-state index is 0.0305. The molecule has 0 unspecified atom stereocenters. The van der Waals surface area contributed by atoms with Gasteiger partial charge in [-0.05, 0) is 23.8 Å². The lowest BCUT2D eigenvalue weighted by atomic mass is 10.0. The van der Waals surface area contributed by atoms with Gasteiger partial charge in [-0.1, -0.05) is 82.8 Å². The van der Waals surface area contributed by atoms with E-state index >= 15 is 0 Å². The third-order valence-electron chi connectivity index (χ3n) is 8.25. The fourth-order valence-corrected chi connectivity index (χ4v) is 6.45. The van der Waals surface area contributed by atoms with Crippen LogP contribution in [0.4, 0.5) is 5.69 Å². The second-order valence-corrected chi connectivity index (χ2v) is 13.5. The number of carbonyl (C=O) groups is 1. The van der Waals surface area contributed by atoms with Crippen molar-refractivity contribution in [2.75, 3.05) is 7.11 Å². The van der Waals surface area contributed by atoms with E-state index < -0.39 is 0 Å². The standard InChI is InChI=1S/C42H28Cl4N4O6/c1-48-31-10-27(18-50-19-31)22-54-40-14-38(35(44)12-39(40)52-2)56-24-29-6-4-8-33(42(29)46)32-7-3-5-28(41(32)45)23-55-37-13-36(30(20-51)11-34(37)43)53-21-26-9-25(15-47)16-49-17-26/h3-14,16-20H,21-24H2,2H3. The van der Waals surface area contributed by atoms with Crippen molar-refractivity contribution in [2.45, 2.75) is 26.4 Å². The molecule has 0 aliphatic carbocycles. The van der Waals surface area contributed by atoms with Crippen LogP contribution in [0.2, 0.25) is 20.1 Å². The number of ether oxygens (including phenoxy) is 5. The van der Waals surface area contributed by atoms with Crippen LogP contribution in [-0.4, -0.2) is 23.4 Å². The molecule has 0 N–H and O–H groups in total. The minimum atomic E-state index is 0.0305. The van der Waals surface area contributed by atoms with Gasteiger partial charge < -0.3 is 23.7 Å². The highest BCUT2D eigenvalue weighted by Gasteiger charge is 2.18. The van der Waals surface area contributed by atoms with Crippen molar-refractivity contribution < 1.29 is 28.5 Å². The molecule has 6 rings (SSSR count). The first-order valence-corrected chi connectivity index (χ1v) is 18.1. The number of benzene rings is 4. The topological polar surface area (TPSA) is 117 Å². The second-order valence-electron chi connectivity index (χ2n) is 11.9. The quantitative estimate of drug-likeness (QED) is 0.0736. The summed E-state index contributed by atoms with van der Waals surface area (Å²) in [7, 11) is 1.50. The molecular weight excluding hydrogens is 798 g/mol. The van der Waals surface area contributed by atoms with E-state index in [0.717, 1.165) is 0 Å². The molecule has 6 aromatic rings. The van der Waals surface area contributed by atoms with Crippen molar-refractivity contribution in [3.8, 4) is 45.9 Å². The summed E-state index contributed by atoms with van der Waals surface area (Å²) < 4.78 is 29.6. The Morgan fingerprint density at radius 3 is 1.82 bits per heavy atom. The first-order chi connectivity index (χ1) is 27.2. The third kappa shape index (κ3) is 9.43. The summed E-state index contributed by atoms with van der Waals surface area (Å²) in [5.41, 5.74) is 5.02. The summed E-state index contributed by atoms with van der Waals surface area (Å²) in [6, 6.07) is 22.6. The zero-order valence-electron chi connectivity index (χ0n) is 29.4. The Bertz CT molecular complexity index is 2500. The highest BCUT2D eigenvalue weighted by molar-refractivity contribution is 6.37. The molecule has 0 aliphatic heterocycles. The Hall–Kier alpha value is -6.01. The van der Waals surface area contributed by atoms with Crippen LogP contribution in [0.15, 0.2) is 97.6 Å². The molecule has 10 nitrogen and oxygen atoms in total. The van der Waals surface area contributed by atoms with Crippen LogP contribution in [0.25, 0.3) is 16.0 Å². The van der Waals surface area contributed by atoms with Crippen molar-refractivity contribution in [1.82, 2.24) is 9.97 Å². The van der Waals surface area contributed by atoms with Crippen molar-refractivity contribution in [1.29, 1.82) is 5.26 Å². The predicted molar refractivity (Wildman–Crippen MR) is 214 cm³/mol. The van der Waals surface area contributed by atoms with Crippen LogP contribution in [0.3, 0.4) is 0 Å². The van der Waals surface area contributed by atoms with E-state index in [2.05, 4.69) is 14.8 Å². The predicted octanol–water partition coefficient (Wildman–Crippen LogP) is 11.3. The molecule has 280 valence electrons. The molecule has 0 radical (unpaired) electrons. The molecule has 56 heavy (non-hydrogen) atoms. The maximum Gasteiger partial charge on any atom is 0.205 e. The molecule has 14 heteroatoms. The number of nitrogens with zero attached hydrogens (tertiary/aromatic N) is 4. The smallest absolute Gasteiger partial charge is 0.205 e. The summed E-state index contributed by atoms with van der Waals surface area (Å²) in [5.74, 6) is 1.64. The van der Waals surface area contributed by atoms with E-state index in [9.17, 15) is 10.1 Å². The number of pyridine rings is 2. The zero-order chi connectivity index (χ0) is 39.6. The molecule has 0 atom stereocenters. The van der Waals surface area contributed by atoms with E-state index in [-0.39, 0.29) is 48.5 Å². The normalized spacial score (nSPS) is 10.6. The molecule has 0 spiro atoms. The Kier molecular flexibility index (Phi) is 13.1. The van der Waals surface area contributed by atoms with Crippen LogP contribution < -0.4 is 23.7 Å². The van der Waals surface area contributed by atoms with Crippen molar-refractivity contribution in [3.05, 3.63) is 162 Å². The molecule has 4 aromatic carbocycles. The Morgan fingerprint density at radius 2 is 1.23 bits per heavy atom. The number of nitriles is 1. The number of methoxy groups -OCH3 is 1. The Morgan fingerprint density at radius 1 is 0.679 bits per heavy atom. The maximum atomic E-state index is 11.8. The van der Waals surface area contributed by atoms with Crippen LogP contribution >= 0.6 is 46.4 Å². The molecule has 0 amide bonds. The summed E-state index contributed by atoms with van der Waals surface area (Å²) in [4.78, 5) is 23.3. The zero-order valence-corrected chi connectivity index (χ0v) is 32.4. The molecule has 0 fully saturated rings. The monoisotopic (exact) mass is 824 g/mol. The lowest BCUT2D eigenvalue weighted by molar-refractivity contribution is 0.111. The van der Waals surface area contributed by atoms with Crippen molar-refractivity contribution >= 4 is 58.4 Å². The number of aromatic nitrogens is 2. The van der Waals surface area contributed by atoms with Gasteiger partial charge in [0.2, 0.25) is 5.69 Å². The molecule has 2 aromatic heterocycles. The van der Waals surface area contributed by atoms with Crippen LogP contribution in [0.5, 0.6) is 28.7 Å². The van der Waals surface area contributed by atoms with Crippen LogP contribution in [0, 0.1) is 17.9 Å². The number of aldehydes is 1. The first kappa shape index (κ1) is 39.7. The fourth-order valence-electron chi connectivity index (χ4n) is 5.45. The second kappa shape index (κ2) is 18.5. The highest BCUT2D eigenvalue weighted by atomic mass is 35.5. The van der Waals surface area contributed by atoms with Gasteiger partial charge in [0.15, 0.2) is 17.8 Å². The molecule has 0 aliphatic rings. The van der Waals surface area contributed by atoms with Crippen molar-refractivity contribution in [3.63, 3.8) is 0 Å². The SMILES string of the molecule is [C-]#[N+]c1cncc(COc2cc(OCc3cccc(-c4cccc(COc5cc(OCc6cncc(C#N)c6)c(C=O)cc5Cl)c4Cl)c3Cl)c(Cl)cc2OC)c1. The van der Waals surface area contributed by atoms with Gasteiger partial charge in [0.1, 0.15) is 49.7 Å². The van der Waals surface area contributed by atoms with Gasteiger partial charge in [0, 0.05) is 70.8 Å². The number of hydrogen-bond acceptors (Lipinski definition) is 9. The Labute approximate surface area is 342 Å². The summed E-state index contributed by atoms with van der Waals surface area (Å²) in [5, 5.41) is 10.5. The van der Waals surface area contributed by atoms with Gasteiger partial charge in [-0.2, -0.15) is 5.26 Å². The highest BCUT2D eigenvalue weighted by Crippen LogP contribution is 2.41. The van der Waals surface area contributed by atoms with Crippen LogP contribution in [0.1, 0.15) is 38.2 Å². The van der Waals surface area contributed by atoms with Gasteiger partial charge >= 0.3 is 0 Å². The molecule has 0 saturated heterocycles. The average Bonchev–Trinajstić information content (AvgIpc) is 3.22. The number of rotatable bonds is 15. The van der Waals surface area contributed by atoms with E-state index in [0.29, 0.717) is 83.2 Å². The van der Waals surface area contributed by atoms with Crippen molar-refractivity contribution in [2.24, 2.45) is 0 Å². The minimum Gasteiger partial charge on any atom is -0.493 e. The molecule has 0 saturated carbocycles. The van der Waals surface area contributed by atoms with Crippen LogP contribution in [-0.2, 0) is 26.4 Å². The average molecular weight is 827 g/mol. The largest absolute Gasteiger partial charge is 0.493 e. The van der Waals surface area contributed by atoms with Gasteiger partial charge in [-0.25, -0.2) is 4.85 Å². The van der Waals surface area contributed by atoms with Gasteiger partial charge in [0.05, 0.1) is 44.9 Å². The lowest BCUT2D eigenvalue weighted by Gasteiger charge is -2.17. The first-order valence-electron chi connectivity index (χ1n) is 16.6. The van der Waals surface area contributed by atoms with E-state index in [1.807, 2.05) is 42.5 Å². The molecule has 0 bridgehead atoms. The van der Waals surface area contributed by atoms with E-state index in [4.69, 9.17) is 76.7 Å². The summed E-state index contributed by atoms with van der Waals surface area (Å²) >= 11 is 27.0. The van der Waals surface area contributed by atoms with Gasteiger partial charge in [0.25, 0.3) is 0 Å². The molecular formula is C42H28Cl4N4O6. The fraction of sp³-hybridized carbons (Fsp3) is 0.119.